The number of hydrogen-bond acceptors (Lipinski definition) is 9. The Balaban J connectivity index is 1.33. The molecule has 2 fully saturated rings. The molecule has 4 heterocycles. The maximum absolute atomic E-state index is 12.8. The number of nitrogens with zero attached hydrogens (tertiary/aromatic N) is 3. The Morgan fingerprint density at radius 1 is 1.14 bits per heavy atom. The summed E-state index contributed by atoms with van der Waals surface area (Å²) in [6.45, 7) is 8.26. The SMILES string of the molecule is Cc1ccc(S(=O)(=O)Oc2cc(=O)n3cc(C4C[C@@H]5CN(C(=O)OC(C)(C)C)C[C@H](C4)O5)sc3n2)cc1. The largest absolute Gasteiger partial charge is 0.444 e. The molecular weight excluding hydrogens is 518 g/mol. The van der Waals surface area contributed by atoms with Crippen LogP contribution < -0.4 is 9.74 Å². The van der Waals surface area contributed by atoms with Gasteiger partial charge in [0.15, 0.2) is 4.96 Å². The molecule has 2 bridgehead atoms. The third kappa shape index (κ3) is 5.65. The van der Waals surface area contributed by atoms with Crippen LogP contribution in [0.2, 0.25) is 0 Å². The lowest BCUT2D eigenvalue weighted by Gasteiger charge is -2.44. The van der Waals surface area contributed by atoms with Crippen molar-refractivity contribution in [1.82, 2.24) is 14.3 Å². The molecule has 3 aromatic rings. The molecule has 0 radical (unpaired) electrons. The first-order chi connectivity index (χ1) is 17.4. The predicted octanol–water partition coefficient (Wildman–Crippen LogP) is 3.71. The second-order valence-electron chi connectivity index (χ2n) is 10.5. The monoisotopic (exact) mass is 547 g/mol. The molecule has 2 aliphatic heterocycles. The number of fused-ring (bicyclic) bond motifs is 3. The van der Waals surface area contributed by atoms with Gasteiger partial charge in [-0.15, -0.1) is 11.3 Å². The number of carbonyl (C=O) groups excluding carboxylic acids is 1. The quantitative estimate of drug-likeness (QED) is 0.454. The summed E-state index contributed by atoms with van der Waals surface area (Å²) in [5.41, 5.74) is -0.0746. The predicted molar refractivity (Wildman–Crippen MR) is 137 cm³/mol. The Morgan fingerprint density at radius 3 is 2.41 bits per heavy atom. The Morgan fingerprint density at radius 2 is 1.78 bits per heavy atom. The van der Waals surface area contributed by atoms with E-state index in [0.717, 1.165) is 16.5 Å². The van der Waals surface area contributed by atoms with E-state index in [1.165, 1.54) is 27.9 Å². The molecule has 0 saturated carbocycles. The van der Waals surface area contributed by atoms with E-state index < -0.39 is 21.3 Å². The molecule has 2 aliphatic rings. The highest BCUT2D eigenvalue weighted by Crippen LogP contribution is 2.39. The number of benzene rings is 1. The van der Waals surface area contributed by atoms with Crippen molar-refractivity contribution in [2.75, 3.05) is 13.1 Å². The smallest absolute Gasteiger partial charge is 0.410 e. The van der Waals surface area contributed by atoms with Crippen LogP contribution in [0.5, 0.6) is 5.88 Å². The Labute approximate surface area is 218 Å². The molecule has 0 aliphatic carbocycles. The number of aryl methyl sites for hydroxylation is 1. The second kappa shape index (κ2) is 9.41. The maximum atomic E-state index is 12.8. The summed E-state index contributed by atoms with van der Waals surface area (Å²) in [5.74, 6) is -0.146. The minimum atomic E-state index is -4.13. The zero-order valence-corrected chi connectivity index (χ0v) is 22.7. The number of rotatable bonds is 4. The van der Waals surface area contributed by atoms with Gasteiger partial charge in [-0.2, -0.15) is 13.4 Å². The van der Waals surface area contributed by atoms with Gasteiger partial charge in [0, 0.05) is 11.1 Å². The Hall–Kier alpha value is -2.96. The van der Waals surface area contributed by atoms with Crippen molar-refractivity contribution < 1.29 is 26.9 Å². The number of carbonyl (C=O) groups is 1. The lowest BCUT2D eigenvalue weighted by atomic mass is 9.88. The molecule has 37 heavy (non-hydrogen) atoms. The van der Waals surface area contributed by atoms with Gasteiger partial charge in [0.1, 0.15) is 10.5 Å². The summed E-state index contributed by atoms with van der Waals surface area (Å²) >= 11 is 1.33. The van der Waals surface area contributed by atoms with Gasteiger partial charge in [0.05, 0.1) is 31.4 Å². The number of hydrogen-bond donors (Lipinski definition) is 0. The number of amides is 1. The second-order valence-corrected chi connectivity index (χ2v) is 13.1. The Bertz CT molecular complexity index is 1480. The fourth-order valence-corrected chi connectivity index (χ4v) is 6.60. The van der Waals surface area contributed by atoms with Crippen LogP contribution in [-0.2, 0) is 19.6 Å². The number of ether oxygens (including phenoxy) is 2. The van der Waals surface area contributed by atoms with Crippen molar-refractivity contribution in [3.8, 4) is 5.88 Å². The van der Waals surface area contributed by atoms with E-state index in [1.807, 2.05) is 27.7 Å². The third-order valence-corrected chi connectivity index (χ3v) is 8.63. The zero-order chi connectivity index (χ0) is 26.5. The normalized spacial score (nSPS) is 22.2. The van der Waals surface area contributed by atoms with E-state index in [0.29, 0.717) is 30.9 Å². The van der Waals surface area contributed by atoms with Crippen molar-refractivity contribution >= 4 is 32.5 Å². The average Bonchev–Trinajstić information content (AvgIpc) is 3.22. The van der Waals surface area contributed by atoms with E-state index in [1.54, 1.807) is 23.2 Å². The lowest BCUT2D eigenvalue weighted by molar-refractivity contribution is -0.118. The lowest BCUT2D eigenvalue weighted by Crippen LogP contribution is -2.54. The minimum Gasteiger partial charge on any atom is -0.444 e. The van der Waals surface area contributed by atoms with E-state index in [9.17, 15) is 18.0 Å². The summed E-state index contributed by atoms with van der Waals surface area (Å²) in [4.78, 5) is 32.6. The highest BCUT2D eigenvalue weighted by Gasteiger charge is 2.40. The summed E-state index contributed by atoms with van der Waals surface area (Å²) in [6.07, 6.45) is 2.50. The first kappa shape index (κ1) is 25.7. The van der Waals surface area contributed by atoms with Gasteiger partial charge in [-0.3, -0.25) is 9.20 Å². The summed E-state index contributed by atoms with van der Waals surface area (Å²) in [5, 5.41) is 0. The van der Waals surface area contributed by atoms with Crippen LogP contribution in [0.3, 0.4) is 0 Å². The average molecular weight is 548 g/mol. The van der Waals surface area contributed by atoms with Crippen molar-refractivity contribution in [1.29, 1.82) is 0 Å². The highest BCUT2D eigenvalue weighted by molar-refractivity contribution is 7.87. The first-order valence-corrected chi connectivity index (χ1v) is 14.3. The van der Waals surface area contributed by atoms with Crippen LogP contribution >= 0.6 is 11.3 Å². The number of likely N-dealkylation sites (tertiary alicyclic amines) is 1. The van der Waals surface area contributed by atoms with E-state index in [4.69, 9.17) is 13.7 Å². The van der Waals surface area contributed by atoms with Crippen molar-refractivity contribution in [3.63, 3.8) is 0 Å². The van der Waals surface area contributed by atoms with E-state index in [-0.39, 0.29) is 35.0 Å². The van der Waals surface area contributed by atoms with Gasteiger partial charge in [0.25, 0.3) is 5.56 Å². The van der Waals surface area contributed by atoms with Gasteiger partial charge in [-0.05, 0) is 58.6 Å². The molecule has 1 amide bonds. The van der Waals surface area contributed by atoms with E-state index in [2.05, 4.69) is 4.98 Å². The topological polar surface area (TPSA) is 117 Å². The third-order valence-electron chi connectivity index (χ3n) is 6.25. The van der Waals surface area contributed by atoms with Gasteiger partial charge >= 0.3 is 16.2 Å². The van der Waals surface area contributed by atoms with Crippen LogP contribution in [-0.4, -0.2) is 59.7 Å². The van der Waals surface area contributed by atoms with Crippen LogP contribution in [0.25, 0.3) is 4.96 Å². The van der Waals surface area contributed by atoms with Crippen LogP contribution in [0.15, 0.2) is 46.2 Å². The molecule has 1 unspecified atom stereocenters. The molecule has 10 nitrogen and oxygen atoms in total. The minimum absolute atomic E-state index is 0.0128. The highest BCUT2D eigenvalue weighted by atomic mass is 32.2. The molecule has 1 aromatic carbocycles. The van der Waals surface area contributed by atoms with Crippen molar-refractivity contribution in [3.05, 3.63) is 57.3 Å². The fourth-order valence-electron chi connectivity index (χ4n) is 4.62. The zero-order valence-electron chi connectivity index (χ0n) is 21.0. The van der Waals surface area contributed by atoms with Crippen LogP contribution in [0.1, 0.15) is 50.0 Å². The molecule has 3 atom stereocenters. The summed E-state index contributed by atoms with van der Waals surface area (Å²) < 4.78 is 43.5. The number of morpholine rings is 1. The number of aromatic nitrogens is 2. The molecule has 5 rings (SSSR count). The van der Waals surface area contributed by atoms with Crippen molar-refractivity contribution in [2.24, 2.45) is 0 Å². The Kier molecular flexibility index (Phi) is 6.53. The van der Waals surface area contributed by atoms with E-state index >= 15 is 0 Å². The fraction of sp³-hybridized carbons (Fsp3) is 0.480. The summed E-state index contributed by atoms with van der Waals surface area (Å²) in [6, 6.07) is 7.32. The van der Waals surface area contributed by atoms with Crippen LogP contribution in [0, 0.1) is 6.92 Å². The maximum Gasteiger partial charge on any atom is 0.410 e. The molecular formula is C25H29N3O7S2. The van der Waals surface area contributed by atoms with Gasteiger partial charge in [0.2, 0.25) is 5.88 Å². The number of thiazole rings is 1. The van der Waals surface area contributed by atoms with Gasteiger partial charge < -0.3 is 18.6 Å². The van der Waals surface area contributed by atoms with Crippen molar-refractivity contribution in [2.45, 2.75) is 69.2 Å². The molecule has 2 aromatic heterocycles. The molecule has 2 saturated heterocycles. The summed E-state index contributed by atoms with van der Waals surface area (Å²) in [7, 11) is -4.13. The molecule has 198 valence electrons. The molecule has 12 heteroatoms. The van der Waals surface area contributed by atoms with Crippen LogP contribution in [0.4, 0.5) is 4.79 Å². The standard InChI is InChI=1S/C25H29N3O7S2/c1-15-5-7-19(8-6-15)37(31,32)35-21-11-22(29)28-14-20(36-23(28)26-21)16-9-17-12-27(13-18(10-16)33-17)24(30)34-25(2,3)4/h5-8,11,14,16-18H,9-10,12-13H2,1-4H3/t16?,17-,18+. The molecule has 0 spiro atoms. The van der Waals surface area contributed by atoms with Gasteiger partial charge in [-0.1, -0.05) is 17.7 Å². The molecule has 0 N–H and O–H groups in total. The van der Waals surface area contributed by atoms with Gasteiger partial charge in [-0.25, -0.2) is 4.79 Å². The first-order valence-electron chi connectivity index (χ1n) is 12.0.